The summed E-state index contributed by atoms with van der Waals surface area (Å²) in [7, 11) is 0. The van der Waals surface area contributed by atoms with Gasteiger partial charge in [-0.3, -0.25) is 4.98 Å². The van der Waals surface area contributed by atoms with Gasteiger partial charge in [-0.25, -0.2) is 4.98 Å². The van der Waals surface area contributed by atoms with Crippen LogP contribution in [0.4, 0.5) is 11.8 Å². The van der Waals surface area contributed by atoms with E-state index in [4.69, 9.17) is 0 Å². The summed E-state index contributed by atoms with van der Waals surface area (Å²) in [5.74, 6) is 1.37. The first kappa shape index (κ1) is 20.8. The Morgan fingerprint density at radius 1 is 1.22 bits per heavy atom. The molecule has 0 amide bonds. The van der Waals surface area contributed by atoms with Crippen LogP contribution in [0.25, 0.3) is 0 Å². The topological polar surface area (TPSA) is 83.0 Å². The molecule has 0 aromatic carbocycles. The van der Waals surface area contributed by atoms with Crippen LogP contribution in [0, 0.1) is 0 Å². The highest BCUT2D eigenvalue weighted by Crippen LogP contribution is 2.20. The van der Waals surface area contributed by atoms with Crippen LogP contribution >= 0.6 is 0 Å². The molecular formula is C21H31N5O. The van der Waals surface area contributed by atoms with Gasteiger partial charge in [0.25, 0.3) is 0 Å². The second-order valence-electron chi connectivity index (χ2n) is 6.82. The van der Waals surface area contributed by atoms with Gasteiger partial charge >= 0.3 is 0 Å². The van der Waals surface area contributed by atoms with Gasteiger partial charge in [0.05, 0.1) is 0 Å². The zero-order valence-corrected chi connectivity index (χ0v) is 16.4. The first-order valence-corrected chi connectivity index (χ1v) is 9.67. The van der Waals surface area contributed by atoms with Crippen molar-refractivity contribution in [1.29, 1.82) is 0 Å². The van der Waals surface area contributed by atoms with E-state index in [0.29, 0.717) is 12.4 Å². The standard InChI is InChI=1S/C21H31N5O/c1-4-5-6-19(11-14-27)25-20-18(8-7-17-9-12-22-13-10-17)15-23-21(26-20)24-16(2)3/h9-10,12-13,15,19,27H,2,4-8,11,14H2,1,3H3,(H2,23,24,25,26). The number of aliphatic hydroxyl groups is 1. The van der Waals surface area contributed by atoms with E-state index in [0.717, 1.165) is 49.2 Å². The monoisotopic (exact) mass is 369 g/mol. The van der Waals surface area contributed by atoms with Gasteiger partial charge in [-0.15, -0.1) is 0 Å². The van der Waals surface area contributed by atoms with E-state index in [1.54, 1.807) is 0 Å². The van der Waals surface area contributed by atoms with Crippen molar-refractivity contribution in [3.8, 4) is 0 Å². The summed E-state index contributed by atoms with van der Waals surface area (Å²) in [6, 6.07) is 4.25. The van der Waals surface area contributed by atoms with Crippen molar-refractivity contribution in [2.75, 3.05) is 17.2 Å². The summed E-state index contributed by atoms with van der Waals surface area (Å²) in [5.41, 5.74) is 3.10. The van der Waals surface area contributed by atoms with Crippen LogP contribution in [0.3, 0.4) is 0 Å². The largest absolute Gasteiger partial charge is 0.396 e. The summed E-state index contributed by atoms with van der Waals surface area (Å²) in [5, 5.41) is 16.0. The molecule has 0 spiro atoms. The zero-order valence-electron chi connectivity index (χ0n) is 16.4. The number of aliphatic hydroxyl groups excluding tert-OH is 1. The maximum atomic E-state index is 9.41. The lowest BCUT2D eigenvalue weighted by atomic mass is 10.0. The number of aromatic nitrogens is 3. The van der Waals surface area contributed by atoms with E-state index < -0.39 is 0 Å². The van der Waals surface area contributed by atoms with Crippen molar-refractivity contribution in [3.05, 3.63) is 54.1 Å². The number of unbranched alkanes of at least 4 members (excludes halogenated alkanes) is 1. The highest BCUT2D eigenvalue weighted by molar-refractivity contribution is 5.49. The summed E-state index contributed by atoms with van der Waals surface area (Å²) in [6.07, 6.45) is 11.2. The Morgan fingerprint density at radius 2 is 2.00 bits per heavy atom. The molecule has 0 aliphatic heterocycles. The fourth-order valence-corrected chi connectivity index (χ4v) is 2.88. The third-order valence-corrected chi connectivity index (χ3v) is 4.35. The zero-order chi connectivity index (χ0) is 19.5. The van der Waals surface area contributed by atoms with Crippen LogP contribution < -0.4 is 10.6 Å². The molecule has 0 fully saturated rings. The fraction of sp³-hybridized carbons (Fsp3) is 0.476. The van der Waals surface area contributed by atoms with Gasteiger partial charge < -0.3 is 15.7 Å². The third-order valence-electron chi connectivity index (χ3n) is 4.35. The Balaban J connectivity index is 2.18. The Labute approximate surface area is 162 Å². The maximum absolute atomic E-state index is 9.41. The maximum Gasteiger partial charge on any atom is 0.228 e. The Bertz CT molecular complexity index is 705. The molecule has 6 nitrogen and oxygen atoms in total. The number of pyridine rings is 1. The van der Waals surface area contributed by atoms with Crippen molar-refractivity contribution in [1.82, 2.24) is 15.0 Å². The molecule has 0 bridgehead atoms. The first-order chi connectivity index (χ1) is 13.1. The van der Waals surface area contributed by atoms with Crippen LogP contribution in [0.5, 0.6) is 0 Å². The molecule has 1 unspecified atom stereocenters. The van der Waals surface area contributed by atoms with Crippen LogP contribution in [0.15, 0.2) is 43.0 Å². The lowest BCUT2D eigenvalue weighted by molar-refractivity contribution is 0.276. The number of nitrogens with zero attached hydrogens (tertiary/aromatic N) is 3. The molecule has 146 valence electrons. The Morgan fingerprint density at radius 3 is 2.67 bits per heavy atom. The average Bonchev–Trinajstić information content (AvgIpc) is 2.66. The molecule has 0 aliphatic carbocycles. The normalized spacial score (nSPS) is 11.8. The molecular weight excluding hydrogens is 338 g/mol. The Kier molecular flexibility index (Phi) is 8.71. The minimum atomic E-state index is 0.162. The van der Waals surface area contributed by atoms with Crippen molar-refractivity contribution >= 4 is 11.8 Å². The van der Waals surface area contributed by atoms with Crippen molar-refractivity contribution in [2.45, 2.75) is 58.4 Å². The van der Waals surface area contributed by atoms with Crippen LogP contribution in [-0.4, -0.2) is 32.7 Å². The van der Waals surface area contributed by atoms with Crippen molar-refractivity contribution in [3.63, 3.8) is 0 Å². The molecule has 0 radical (unpaired) electrons. The third kappa shape index (κ3) is 7.35. The van der Waals surface area contributed by atoms with E-state index in [2.05, 4.69) is 39.1 Å². The Hall–Kier alpha value is -2.47. The van der Waals surface area contributed by atoms with E-state index in [1.165, 1.54) is 5.56 Å². The highest BCUT2D eigenvalue weighted by Gasteiger charge is 2.13. The molecule has 2 heterocycles. The molecule has 0 saturated heterocycles. The summed E-state index contributed by atoms with van der Waals surface area (Å²) >= 11 is 0. The van der Waals surface area contributed by atoms with Gasteiger partial charge in [0.15, 0.2) is 0 Å². The van der Waals surface area contributed by atoms with E-state index in [-0.39, 0.29) is 12.6 Å². The number of rotatable bonds is 12. The van der Waals surface area contributed by atoms with Crippen LogP contribution in [0.2, 0.25) is 0 Å². The van der Waals surface area contributed by atoms with Gasteiger partial charge in [-0.2, -0.15) is 4.98 Å². The molecule has 0 saturated carbocycles. The summed E-state index contributed by atoms with van der Waals surface area (Å²) in [4.78, 5) is 13.2. The molecule has 2 aromatic heterocycles. The van der Waals surface area contributed by atoms with Crippen molar-refractivity contribution < 1.29 is 5.11 Å². The second kappa shape index (κ2) is 11.3. The number of nitrogens with one attached hydrogen (secondary N) is 2. The minimum absolute atomic E-state index is 0.162. The number of anilines is 2. The molecule has 6 heteroatoms. The predicted octanol–water partition coefficient (Wildman–Crippen LogP) is 3.96. The number of hydrogen-bond acceptors (Lipinski definition) is 6. The van der Waals surface area contributed by atoms with Crippen LogP contribution in [-0.2, 0) is 12.8 Å². The van der Waals surface area contributed by atoms with Gasteiger partial charge in [0.1, 0.15) is 5.82 Å². The fourth-order valence-electron chi connectivity index (χ4n) is 2.88. The van der Waals surface area contributed by atoms with E-state index in [1.807, 2.05) is 37.6 Å². The quantitative estimate of drug-likeness (QED) is 0.525. The summed E-state index contributed by atoms with van der Waals surface area (Å²) in [6.45, 7) is 8.08. The minimum Gasteiger partial charge on any atom is -0.396 e. The molecule has 27 heavy (non-hydrogen) atoms. The summed E-state index contributed by atoms with van der Waals surface area (Å²) < 4.78 is 0. The number of allylic oxidation sites excluding steroid dienone is 1. The smallest absolute Gasteiger partial charge is 0.228 e. The van der Waals surface area contributed by atoms with Gasteiger partial charge in [0, 0.05) is 42.5 Å². The number of aryl methyl sites for hydroxylation is 2. The van der Waals surface area contributed by atoms with Gasteiger partial charge in [-0.1, -0.05) is 26.3 Å². The molecule has 3 N–H and O–H groups in total. The van der Waals surface area contributed by atoms with Gasteiger partial charge in [-0.05, 0) is 50.3 Å². The highest BCUT2D eigenvalue weighted by atomic mass is 16.3. The van der Waals surface area contributed by atoms with Gasteiger partial charge in [0.2, 0.25) is 5.95 Å². The van der Waals surface area contributed by atoms with Crippen LogP contribution in [0.1, 0.15) is 50.7 Å². The van der Waals surface area contributed by atoms with E-state index in [9.17, 15) is 5.11 Å². The molecule has 1 atom stereocenters. The predicted molar refractivity (Wildman–Crippen MR) is 111 cm³/mol. The lowest BCUT2D eigenvalue weighted by Gasteiger charge is -2.21. The average molecular weight is 370 g/mol. The SMILES string of the molecule is C=C(C)Nc1ncc(CCc2ccncc2)c(NC(CCO)CCCC)n1. The van der Waals surface area contributed by atoms with Crippen molar-refractivity contribution in [2.24, 2.45) is 0 Å². The molecule has 0 aliphatic rings. The number of hydrogen-bond donors (Lipinski definition) is 3. The second-order valence-corrected chi connectivity index (χ2v) is 6.82. The first-order valence-electron chi connectivity index (χ1n) is 9.67. The van der Waals surface area contributed by atoms with E-state index >= 15 is 0 Å². The molecule has 2 aromatic rings. The lowest BCUT2D eigenvalue weighted by Crippen LogP contribution is -2.23. The molecule has 2 rings (SSSR count).